The molecule has 1 heterocycles. The van der Waals surface area contributed by atoms with Crippen molar-refractivity contribution < 1.29 is 18.7 Å². The van der Waals surface area contributed by atoms with Gasteiger partial charge in [-0.1, -0.05) is 12.2 Å². The number of nitrogens with zero attached hydrogens (tertiary/aromatic N) is 1. The van der Waals surface area contributed by atoms with E-state index in [0.29, 0.717) is 34.0 Å². The third kappa shape index (κ3) is 2.59. The van der Waals surface area contributed by atoms with Gasteiger partial charge in [-0.25, -0.2) is 9.37 Å². The number of carbonyl (C=O) groups excluding carboxylic acids is 2. The number of hydrogen-bond donors (Lipinski definition) is 1. The molecule has 0 spiro atoms. The minimum absolute atomic E-state index is 0.0905. The van der Waals surface area contributed by atoms with Crippen molar-refractivity contribution >= 4 is 17.1 Å². The van der Waals surface area contributed by atoms with Crippen LogP contribution in [0.4, 0.5) is 4.39 Å². The van der Waals surface area contributed by atoms with Crippen LogP contribution in [0.25, 0.3) is 5.57 Å². The van der Waals surface area contributed by atoms with Crippen molar-refractivity contribution in [2.75, 3.05) is 0 Å². The molecule has 1 N–H and O–H groups in total. The Kier molecular flexibility index (Phi) is 3.60. The van der Waals surface area contributed by atoms with Gasteiger partial charge in [0.25, 0.3) is 5.78 Å². The fourth-order valence-electron chi connectivity index (χ4n) is 3.12. The molecule has 0 fully saturated rings. The second-order valence-electron chi connectivity index (χ2n) is 6.08. The van der Waals surface area contributed by atoms with Gasteiger partial charge in [-0.2, -0.15) is 0 Å². The van der Waals surface area contributed by atoms with Gasteiger partial charge in [0, 0.05) is 11.1 Å². The van der Waals surface area contributed by atoms with Crippen molar-refractivity contribution in [1.82, 2.24) is 9.97 Å². The smallest absolute Gasteiger partial charge is 0.251 e. The van der Waals surface area contributed by atoms with E-state index in [1.807, 2.05) is 6.08 Å². The first-order chi connectivity index (χ1) is 12.0. The number of nitrogens with one attached hydrogen (secondary N) is 1. The number of allylic oxidation sites excluding steroid dienone is 4. The molecule has 1 aromatic carbocycles. The molecule has 2 aromatic rings. The van der Waals surface area contributed by atoms with Crippen LogP contribution in [0.1, 0.15) is 40.4 Å². The Labute approximate surface area is 143 Å². The van der Waals surface area contributed by atoms with Gasteiger partial charge in [0.05, 0.1) is 0 Å². The van der Waals surface area contributed by atoms with E-state index in [9.17, 15) is 14.0 Å². The number of aryl methyl sites for hydroxylation is 1. The number of aromatic amines is 1. The van der Waals surface area contributed by atoms with Crippen LogP contribution < -0.4 is 4.74 Å². The summed E-state index contributed by atoms with van der Waals surface area (Å²) >= 11 is 0. The lowest BCUT2D eigenvalue weighted by atomic mass is 9.84. The summed E-state index contributed by atoms with van der Waals surface area (Å²) in [5.41, 5.74) is 2.54. The summed E-state index contributed by atoms with van der Waals surface area (Å²) in [4.78, 5) is 31.8. The van der Waals surface area contributed by atoms with E-state index in [4.69, 9.17) is 4.74 Å². The number of benzene rings is 1. The third-order valence-corrected chi connectivity index (χ3v) is 4.34. The number of H-pyrrole nitrogens is 1. The lowest BCUT2D eigenvalue weighted by molar-refractivity contribution is -0.111. The largest absolute Gasteiger partial charge is 0.485 e. The van der Waals surface area contributed by atoms with E-state index in [0.717, 1.165) is 12.8 Å². The number of carbonyl (C=O) groups is 2. The SMILES string of the molecule is Cc1cc(F)ccc1OCc1nc2c([nH]1)C(=O)C(=O)C1=CCCC=C12. The molecule has 5 nitrogen and oxygen atoms in total. The topological polar surface area (TPSA) is 72.0 Å². The highest BCUT2D eigenvalue weighted by Crippen LogP contribution is 2.35. The Morgan fingerprint density at radius 3 is 2.68 bits per heavy atom. The number of ether oxygens (including phenoxy) is 1. The standard InChI is InChI=1S/C19H15FN2O3/c1-10-8-11(20)6-7-14(10)25-9-15-21-16-12-4-2-3-5-13(12)18(23)19(24)17(16)22-15/h4-8H,2-3,9H2,1H3,(H,21,22). The number of aromatic nitrogens is 2. The normalized spacial score (nSPS) is 16.1. The number of hydrogen-bond acceptors (Lipinski definition) is 4. The molecule has 25 heavy (non-hydrogen) atoms. The van der Waals surface area contributed by atoms with Crippen LogP contribution in [0.2, 0.25) is 0 Å². The Bertz CT molecular complexity index is 969. The number of ketones is 2. The van der Waals surface area contributed by atoms with Gasteiger partial charge in [-0.05, 0) is 43.5 Å². The lowest BCUT2D eigenvalue weighted by Gasteiger charge is -2.18. The second kappa shape index (κ2) is 5.81. The average Bonchev–Trinajstić information content (AvgIpc) is 3.03. The average molecular weight is 338 g/mol. The molecule has 2 aliphatic rings. The first-order valence-corrected chi connectivity index (χ1v) is 8.02. The van der Waals surface area contributed by atoms with Gasteiger partial charge in [-0.3, -0.25) is 9.59 Å². The number of halogens is 1. The van der Waals surface area contributed by atoms with Crippen LogP contribution in [0.5, 0.6) is 5.75 Å². The van der Waals surface area contributed by atoms with Gasteiger partial charge in [-0.15, -0.1) is 0 Å². The van der Waals surface area contributed by atoms with Crippen molar-refractivity contribution in [3.63, 3.8) is 0 Å². The van der Waals surface area contributed by atoms with Gasteiger partial charge in [0.1, 0.15) is 35.4 Å². The summed E-state index contributed by atoms with van der Waals surface area (Å²) in [6.45, 7) is 1.84. The first-order valence-electron chi connectivity index (χ1n) is 8.02. The summed E-state index contributed by atoms with van der Waals surface area (Å²) in [6.07, 6.45) is 5.30. The molecule has 0 unspecified atom stereocenters. The predicted molar refractivity (Wildman–Crippen MR) is 88.7 cm³/mol. The molecule has 0 radical (unpaired) electrons. The van der Waals surface area contributed by atoms with Crippen LogP contribution in [0.15, 0.2) is 35.9 Å². The Morgan fingerprint density at radius 1 is 1.16 bits per heavy atom. The van der Waals surface area contributed by atoms with Crippen LogP contribution in [-0.2, 0) is 11.4 Å². The quantitative estimate of drug-likeness (QED) is 0.872. The molecule has 0 saturated heterocycles. The molecular formula is C19H15FN2O3. The highest BCUT2D eigenvalue weighted by atomic mass is 19.1. The second-order valence-corrected chi connectivity index (χ2v) is 6.08. The summed E-state index contributed by atoms with van der Waals surface area (Å²) in [6, 6.07) is 4.25. The third-order valence-electron chi connectivity index (χ3n) is 4.34. The van der Waals surface area contributed by atoms with Gasteiger partial charge >= 0.3 is 0 Å². The van der Waals surface area contributed by atoms with Crippen LogP contribution in [0, 0.1) is 12.7 Å². The van der Waals surface area contributed by atoms with E-state index in [1.54, 1.807) is 19.1 Å². The van der Waals surface area contributed by atoms with E-state index in [2.05, 4.69) is 9.97 Å². The minimum Gasteiger partial charge on any atom is -0.485 e. The van der Waals surface area contributed by atoms with Gasteiger partial charge < -0.3 is 9.72 Å². The monoisotopic (exact) mass is 338 g/mol. The summed E-state index contributed by atoms with van der Waals surface area (Å²) in [5, 5.41) is 0. The van der Waals surface area contributed by atoms with Crippen molar-refractivity contribution in [3.8, 4) is 5.75 Å². The molecule has 6 heteroatoms. The number of Topliss-reactive ketones (excluding diaryl/α,β-unsaturated/α-hetero) is 2. The molecule has 0 bridgehead atoms. The van der Waals surface area contributed by atoms with Crippen molar-refractivity contribution in [1.29, 1.82) is 0 Å². The number of rotatable bonds is 3. The fourth-order valence-corrected chi connectivity index (χ4v) is 3.12. The highest BCUT2D eigenvalue weighted by molar-refractivity contribution is 6.54. The zero-order valence-electron chi connectivity index (χ0n) is 13.6. The Hall–Kier alpha value is -3.02. The van der Waals surface area contributed by atoms with Crippen molar-refractivity contribution in [2.24, 2.45) is 0 Å². The molecule has 1 aromatic heterocycles. The molecule has 126 valence electrons. The maximum Gasteiger partial charge on any atom is 0.251 e. The maximum atomic E-state index is 13.1. The van der Waals surface area contributed by atoms with Crippen LogP contribution >= 0.6 is 0 Å². The summed E-state index contributed by atoms with van der Waals surface area (Å²) in [5.74, 6) is -0.412. The number of fused-ring (bicyclic) bond motifs is 3. The van der Waals surface area contributed by atoms with Gasteiger partial charge in [0.15, 0.2) is 0 Å². The molecule has 4 rings (SSSR count). The fraction of sp³-hybridized carbons (Fsp3) is 0.211. The number of imidazole rings is 1. The van der Waals surface area contributed by atoms with Gasteiger partial charge in [0.2, 0.25) is 5.78 Å². The zero-order valence-corrected chi connectivity index (χ0v) is 13.6. The molecule has 0 aliphatic heterocycles. The van der Waals surface area contributed by atoms with Crippen molar-refractivity contribution in [2.45, 2.75) is 26.4 Å². The molecule has 0 atom stereocenters. The summed E-state index contributed by atoms with van der Waals surface area (Å²) < 4.78 is 18.8. The molecule has 0 amide bonds. The summed E-state index contributed by atoms with van der Waals surface area (Å²) in [7, 11) is 0. The first kappa shape index (κ1) is 15.5. The van der Waals surface area contributed by atoms with E-state index in [1.165, 1.54) is 12.1 Å². The maximum absolute atomic E-state index is 13.1. The van der Waals surface area contributed by atoms with E-state index >= 15 is 0 Å². The van der Waals surface area contributed by atoms with Crippen LogP contribution in [0.3, 0.4) is 0 Å². The van der Waals surface area contributed by atoms with Crippen molar-refractivity contribution in [3.05, 3.63) is 64.5 Å². The molecule has 0 saturated carbocycles. The van der Waals surface area contributed by atoms with Crippen LogP contribution in [-0.4, -0.2) is 21.5 Å². The Balaban J connectivity index is 1.63. The Morgan fingerprint density at radius 2 is 1.92 bits per heavy atom. The lowest BCUT2D eigenvalue weighted by Crippen LogP contribution is -2.25. The predicted octanol–water partition coefficient (Wildman–Crippen LogP) is 3.31. The molecular weight excluding hydrogens is 323 g/mol. The highest BCUT2D eigenvalue weighted by Gasteiger charge is 2.36. The minimum atomic E-state index is -0.572. The van der Waals surface area contributed by atoms with E-state index < -0.39 is 11.6 Å². The van der Waals surface area contributed by atoms with E-state index in [-0.39, 0.29) is 18.1 Å². The zero-order chi connectivity index (χ0) is 17.6. The molecule has 2 aliphatic carbocycles.